The Kier molecular flexibility index (Phi) is 3.95. The van der Waals surface area contributed by atoms with Gasteiger partial charge in [0.05, 0.1) is 0 Å². The third-order valence-corrected chi connectivity index (χ3v) is 3.09. The molecule has 0 radical (unpaired) electrons. The lowest BCUT2D eigenvalue weighted by molar-refractivity contribution is -0.114. The van der Waals surface area contributed by atoms with Gasteiger partial charge in [-0.05, 0) is 29.3 Å². The summed E-state index contributed by atoms with van der Waals surface area (Å²) in [6.07, 6.45) is 0. The van der Waals surface area contributed by atoms with Gasteiger partial charge in [-0.25, -0.2) is 4.39 Å². The molecule has 1 atom stereocenters. The molecule has 2 aromatic carbocycles. The number of rotatable bonds is 3. The van der Waals surface area contributed by atoms with Gasteiger partial charge in [-0.2, -0.15) is 0 Å². The van der Waals surface area contributed by atoms with Crippen molar-refractivity contribution in [3.8, 4) is 0 Å². The Morgan fingerprint density at radius 3 is 2.47 bits per heavy atom. The number of carbonyl (C=O) groups excluding carboxylic acids is 1. The molecule has 1 N–H and O–H groups in total. The highest BCUT2D eigenvalue weighted by molar-refractivity contribution is 5.89. The van der Waals surface area contributed by atoms with Gasteiger partial charge in [0.1, 0.15) is 5.82 Å². The summed E-state index contributed by atoms with van der Waals surface area (Å²) in [5, 5.41) is 2.75. The van der Waals surface area contributed by atoms with E-state index in [0.29, 0.717) is 5.69 Å². The molecule has 0 saturated heterocycles. The molecule has 0 spiro atoms. The van der Waals surface area contributed by atoms with Crippen LogP contribution in [0, 0.1) is 5.82 Å². The molecule has 98 valence electrons. The van der Waals surface area contributed by atoms with E-state index in [4.69, 9.17) is 0 Å². The topological polar surface area (TPSA) is 29.1 Å². The predicted molar refractivity (Wildman–Crippen MR) is 74.7 cm³/mol. The average Bonchev–Trinajstić information content (AvgIpc) is 2.40. The fraction of sp³-hybridized carbons (Fsp3) is 0.188. The van der Waals surface area contributed by atoms with Gasteiger partial charge in [0.15, 0.2) is 0 Å². The minimum atomic E-state index is -0.299. The Labute approximate surface area is 112 Å². The number of benzene rings is 2. The van der Waals surface area contributed by atoms with Crippen LogP contribution in [0.2, 0.25) is 0 Å². The summed E-state index contributed by atoms with van der Waals surface area (Å²) in [6, 6.07) is 14.3. The number of hydrogen-bond donors (Lipinski definition) is 1. The van der Waals surface area contributed by atoms with E-state index < -0.39 is 0 Å². The number of nitrogens with one attached hydrogen (secondary N) is 1. The third kappa shape index (κ3) is 3.19. The predicted octanol–water partition coefficient (Wildman–Crippen LogP) is 3.94. The summed E-state index contributed by atoms with van der Waals surface area (Å²) in [7, 11) is 0. The molecule has 0 heterocycles. The van der Waals surface area contributed by atoms with Crippen LogP contribution in [0.3, 0.4) is 0 Å². The smallest absolute Gasteiger partial charge is 0.221 e. The number of amides is 1. The maximum Gasteiger partial charge on any atom is 0.221 e. The van der Waals surface area contributed by atoms with Crippen molar-refractivity contribution in [3.63, 3.8) is 0 Å². The van der Waals surface area contributed by atoms with Gasteiger partial charge >= 0.3 is 0 Å². The largest absolute Gasteiger partial charge is 0.326 e. The van der Waals surface area contributed by atoms with Crippen LogP contribution in [0.25, 0.3) is 0 Å². The Balaban J connectivity index is 2.42. The molecular weight excluding hydrogens is 241 g/mol. The van der Waals surface area contributed by atoms with Crippen molar-refractivity contribution in [2.45, 2.75) is 19.8 Å². The molecule has 2 aromatic rings. The molecule has 1 amide bonds. The van der Waals surface area contributed by atoms with E-state index in [0.717, 1.165) is 11.1 Å². The molecule has 0 aromatic heterocycles. The fourth-order valence-electron chi connectivity index (χ4n) is 2.12. The van der Waals surface area contributed by atoms with Gasteiger partial charge in [0.2, 0.25) is 5.91 Å². The monoisotopic (exact) mass is 257 g/mol. The van der Waals surface area contributed by atoms with Crippen LogP contribution < -0.4 is 5.32 Å². The highest BCUT2D eigenvalue weighted by atomic mass is 19.1. The lowest BCUT2D eigenvalue weighted by atomic mass is 9.92. The van der Waals surface area contributed by atoms with Gasteiger partial charge in [0, 0.05) is 18.5 Å². The Hall–Kier alpha value is -2.16. The van der Waals surface area contributed by atoms with Crippen LogP contribution in [0.5, 0.6) is 0 Å². The second-order valence-corrected chi connectivity index (χ2v) is 4.55. The zero-order valence-corrected chi connectivity index (χ0v) is 11.0. The first-order valence-electron chi connectivity index (χ1n) is 6.20. The van der Waals surface area contributed by atoms with Crippen LogP contribution in [-0.2, 0) is 4.79 Å². The number of anilines is 1. The van der Waals surface area contributed by atoms with Crippen LogP contribution in [0.4, 0.5) is 10.1 Å². The molecule has 0 aliphatic heterocycles. The van der Waals surface area contributed by atoms with Crippen LogP contribution >= 0.6 is 0 Å². The van der Waals surface area contributed by atoms with E-state index in [1.165, 1.54) is 19.1 Å². The Morgan fingerprint density at radius 2 is 1.84 bits per heavy atom. The maximum absolute atomic E-state index is 13.4. The zero-order valence-electron chi connectivity index (χ0n) is 11.0. The number of carbonyl (C=O) groups is 1. The maximum atomic E-state index is 13.4. The van der Waals surface area contributed by atoms with E-state index in [1.54, 1.807) is 6.07 Å². The fourth-order valence-corrected chi connectivity index (χ4v) is 2.12. The summed E-state index contributed by atoms with van der Waals surface area (Å²) >= 11 is 0. The first-order valence-corrected chi connectivity index (χ1v) is 6.20. The van der Waals surface area contributed by atoms with E-state index in [2.05, 4.69) is 5.32 Å². The third-order valence-electron chi connectivity index (χ3n) is 3.09. The van der Waals surface area contributed by atoms with Crippen molar-refractivity contribution in [2.24, 2.45) is 0 Å². The molecule has 2 rings (SSSR count). The van der Waals surface area contributed by atoms with Gasteiger partial charge < -0.3 is 5.32 Å². The van der Waals surface area contributed by atoms with Crippen LogP contribution in [0.1, 0.15) is 30.9 Å². The van der Waals surface area contributed by atoms with Crippen molar-refractivity contribution in [3.05, 3.63) is 65.5 Å². The zero-order chi connectivity index (χ0) is 13.8. The number of halogens is 1. The van der Waals surface area contributed by atoms with Crippen molar-refractivity contribution < 1.29 is 9.18 Å². The SMILES string of the molecule is CC(=O)Nc1ccc(F)cc1C(C)c1ccccc1. The quantitative estimate of drug-likeness (QED) is 0.886. The van der Waals surface area contributed by atoms with Crippen molar-refractivity contribution in [1.29, 1.82) is 0 Å². The first-order chi connectivity index (χ1) is 9.08. The first kappa shape index (κ1) is 13.3. The summed E-state index contributed by atoms with van der Waals surface area (Å²) in [5.74, 6) is -0.446. The van der Waals surface area contributed by atoms with E-state index in [-0.39, 0.29) is 17.6 Å². The summed E-state index contributed by atoms with van der Waals surface area (Å²) in [4.78, 5) is 11.2. The van der Waals surface area contributed by atoms with Crippen LogP contribution in [0.15, 0.2) is 48.5 Å². The van der Waals surface area contributed by atoms with Gasteiger partial charge in [0.25, 0.3) is 0 Å². The highest BCUT2D eigenvalue weighted by Crippen LogP contribution is 2.30. The Morgan fingerprint density at radius 1 is 1.16 bits per heavy atom. The molecule has 3 heteroatoms. The molecule has 1 unspecified atom stereocenters. The Bertz CT molecular complexity index is 581. The van der Waals surface area contributed by atoms with Gasteiger partial charge in [-0.15, -0.1) is 0 Å². The average molecular weight is 257 g/mol. The standard InChI is InChI=1S/C16H16FNO/c1-11(13-6-4-3-5-7-13)15-10-14(17)8-9-16(15)18-12(2)19/h3-11H,1-2H3,(H,18,19). The lowest BCUT2D eigenvalue weighted by Crippen LogP contribution is -2.10. The van der Waals surface area contributed by atoms with E-state index >= 15 is 0 Å². The van der Waals surface area contributed by atoms with Crippen LogP contribution in [-0.4, -0.2) is 5.91 Å². The van der Waals surface area contributed by atoms with Crippen molar-refractivity contribution >= 4 is 11.6 Å². The van der Waals surface area contributed by atoms with Gasteiger partial charge in [-0.1, -0.05) is 37.3 Å². The molecule has 19 heavy (non-hydrogen) atoms. The number of hydrogen-bond acceptors (Lipinski definition) is 1. The molecule has 0 saturated carbocycles. The molecule has 2 nitrogen and oxygen atoms in total. The minimum Gasteiger partial charge on any atom is -0.326 e. The second kappa shape index (κ2) is 5.65. The molecule has 0 fully saturated rings. The molecular formula is C16H16FNO. The molecule has 0 bridgehead atoms. The highest BCUT2D eigenvalue weighted by Gasteiger charge is 2.14. The lowest BCUT2D eigenvalue weighted by Gasteiger charge is -2.17. The summed E-state index contributed by atoms with van der Waals surface area (Å²) in [6.45, 7) is 3.44. The molecule has 0 aliphatic rings. The minimum absolute atomic E-state index is 0.0127. The van der Waals surface area contributed by atoms with E-state index in [9.17, 15) is 9.18 Å². The summed E-state index contributed by atoms with van der Waals surface area (Å²) in [5.41, 5.74) is 2.52. The van der Waals surface area contributed by atoms with Gasteiger partial charge in [-0.3, -0.25) is 4.79 Å². The summed E-state index contributed by atoms with van der Waals surface area (Å²) < 4.78 is 13.4. The van der Waals surface area contributed by atoms with Crippen molar-refractivity contribution in [2.75, 3.05) is 5.32 Å². The van der Waals surface area contributed by atoms with Crippen molar-refractivity contribution in [1.82, 2.24) is 0 Å². The normalized spacial score (nSPS) is 11.9. The molecule has 0 aliphatic carbocycles. The van der Waals surface area contributed by atoms with E-state index in [1.807, 2.05) is 37.3 Å². The second-order valence-electron chi connectivity index (χ2n) is 4.55.